The van der Waals surface area contributed by atoms with Crippen LogP contribution in [0.1, 0.15) is 28.4 Å². The van der Waals surface area contributed by atoms with Crippen molar-refractivity contribution in [1.29, 1.82) is 0 Å². The molecule has 0 aliphatic carbocycles. The topological polar surface area (TPSA) is 98.5 Å². The monoisotopic (exact) mass is 435 g/mol. The van der Waals surface area contributed by atoms with E-state index < -0.39 is 12.1 Å². The summed E-state index contributed by atoms with van der Waals surface area (Å²) < 4.78 is 6.97. The van der Waals surface area contributed by atoms with Crippen LogP contribution < -0.4 is 5.32 Å². The van der Waals surface area contributed by atoms with Crippen LogP contribution in [0.15, 0.2) is 79.3 Å². The van der Waals surface area contributed by atoms with E-state index in [0.717, 1.165) is 21.9 Å². The number of pyridine rings is 2. The number of anilines is 1. The van der Waals surface area contributed by atoms with Crippen molar-refractivity contribution >= 4 is 34.2 Å². The zero-order valence-corrected chi connectivity index (χ0v) is 17.3. The minimum Gasteiger partial charge on any atom is -0.453 e. The summed E-state index contributed by atoms with van der Waals surface area (Å²) >= 11 is 0. The Balaban J connectivity index is 1.24. The number of nitrogens with one attached hydrogen (secondary N) is 1. The summed E-state index contributed by atoms with van der Waals surface area (Å²) in [6.07, 6.45) is 4.89. The normalized spacial score (nSPS) is 14.9. The number of carbonyl (C=O) groups excluding carboxylic acids is 2. The van der Waals surface area contributed by atoms with Gasteiger partial charge in [-0.25, -0.2) is 9.31 Å². The SMILES string of the molecule is O=C(C[C@H]1OC(=O)c2ccccc21)Nc1nc2ccc(-c3cncc4ccccc34)cn2n1. The summed E-state index contributed by atoms with van der Waals surface area (Å²) in [4.78, 5) is 33.3. The van der Waals surface area contributed by atoms with Crippen LogP contribution in [0.4, 0.5) is 5.95 Å². The highest BCUT2D eigenvalue weighted by atomic mass is 16.5. The van der Waals surface area contributed by atoms with E-state index in [1.54, 1.807) is 22.7 Å². The van der Waals surface area contributed by atoms with Gasteiger partial charge in [0.2, 0.25) is 11.9 Å². The molecule has 1 amide bonds. The summed E-state index contributed by atoms with van der Waals surface area (Å²) in [5.74, 6) is -0.561. The van der Waals surface area contributed by atoms with Crippen molar-refractivity contribution in [3.63, 3.8) is 0 Å². The summed E-state index contributed by atoms with van der Waals surface area (Å²) in [5, 5.41) is 9.25. The summed E-state index contributed by atoms with van der Waals surface area (Å²) in [7, 11) is 0. The Morgan fingerprint density at radius 1 is 1.00 bits per heavy atom. The van der Waals surface area contributed by atoms with Gasteiger partial charge in [0, 0.05) is 40.7 Å². The van der Waals surface area contributed by atoms with Crippen molar-refractivity contribution in [2.24, 2.45) is 0 Å². The molecule has 0 radical (unpaired) electrons. The van der Waals surface area contributed by atoms with E-state index >= 15 is 0 Å². The van der Waals surface area contributed by atoms with Crippen molar-refractivity contribution in [3.05, 3.63) is 90.4 Å². The maximum atomic E-state index is 12.6. The lowest BCUT2D eigenvalue weighted by Crippen LogP contribution is -2.16. The van der Waals surface area contributed by atoms with Crippen LogP contribution in [0.25, 0.3) is 27.5 Å². The Kier molecular flexibility index (Phi) is 4.36. The van der Waals surface area contributed by atoms with Gasteiger partial charge in [-0.15, -0.1) is 5.10 Å². The lowest BCUT2D eigenvalue weighted by Gasteiger charge is -2.09. The molecule has 5 aromatic rings. The van der Waals surface area contributed by atoms with Gasteiger partial charge >= 0.3 is 5.97 Å². The van der Waals surface area contributed by atoms with E-state index in [1.165, 1.54) is 0 Å². The lowest BCUT2D eigenvalue weighted by molar-refractivity contribution is -0.118. The molecule has 3 aromatic heterocycles. The number of carbonyl (C=O) groups is 2. The van der Waals surface area contributed by atoms with Crippen LogP contribution in [-0.4, -0.2) is 31.5 Å². The average molecular weight is 435 g/mol. The van der Waals surface area contributed by atoms with E-state index in [9.17, 15) is 9.59 Å². The second kappa shape index (κ2) is 7.52. The zero-order chi connectivity index (χ0) is 22.4. The highest BCUT2D eigenvalue weighted by molar-refractivity contribution is 5.97. The quantitative estimate of drug-likeness (QED) is 0.425. The Morgan fingerprint density at radius 3 is 2.79 bits per heavy atom. The second-order valence-corrected chi connectivity index (χ2v) is 7.80. The zero-order valence-electron chi connectivity index (χ0n) is 17.3. The molecule has 33 heavy (non-hydrogen) atoms. The molecular weight excluding hydrogens is 418 g/mol. The molecule has 0 bridgehead atoms. The van der Waals surface area contributed by atoms with Crippen LogP contribution in [0, 0.1) is 0 Å². The third-order valence-corrected chi connectivity index (χ3v) is 5.71. The molecule has 160 valence electrons. The molecule has 0 spiro atoms. The fourth-order valence-corrected chi connectivity index (χ4v) is 4.16. The molecule has 1 aliphatic heterocycles. The van der Waals surface area contributed by atoms with Gasteiger partial charge in [-0.1, -0.05) is 42.5 Å². The Morgan fingerprint density at radius 2 is 1.85 bits per heavy atom. The first-order valence-electron chi connectivity index (χ1n) is 10.4. The van der Waals surface area contributed by atoms with Crippen LogP contribution in [0.5, 0.6) is 0 Å². The van der Waals surface area contributed by atoms with Gasteiger partial charge in [-0.3, -0.25) is 15.1 Å². The van der Waals surface area contributed by atoms with Crippen molar-refractivity contribution in [1.82, 2.24) is 19.6 Å². The molecule has 1 aliphatic rings. The summed E-state index contributed by atoms with van der Waals surface area (Å²) in [6, 6.07) is 18.9. The first-order valence-corrected chi connectivity index (χ1v) is 10.4. The molecule has 1 atom stereocenters. The fraction of sp³-hybridized carbons (Fsp3) is 0.0800. The van der Waals surface area contributed by atoms with Crippen LogP contribution >= 0.6 is 0 Å². The maximum absolute atomic E-state index is 12.6. The highest BCUT2D eigenvalue weighted by Crippen LogP contribution is 2.33. The molecule has 0 unspecified atom stereocenters. The number of esters is 1. The van der Waals surface area contributed by atoms with Gasteiger partial charge in [0.15, 0.2) is 5.65 Å². The number of cyclic esters (lactones) is 1. The number of ether oxygens (including phenoxy) is 1. The Labute approximate surface area is 187 Å². The molecule has 2 aromatic carbocycles. The predicted octanol–water partition coefficient (Wildman–Crippen LogP) is 4.18. The largest absolute Gasteiger partial charge is 0.453 e. The number of nitrogens with zero attached hydrogens (tertiary/aromatic N) is 4. The van der Waals surface area contributed by atoms with E-state index in [2.05, 4.69) is 26.4 Å². The molecular formula is C25H17N5O3. The molecule has 4 heterocycles. The highest BCUT2D eigenvalue weighted by Gasteiger charge is 2.32. The van der Waals surface area contributed by atoms with E-state index in [1.807, 2.05) is 55.0 Å². The number of aromatic nitrogens is 4. The van der Waals surface area contributed by atoms with Crippen LogP contribution in [0.3, 0.4) is 0 Å². The molecule has 0 saturated heterocycles. The van der Waals surface area contributed by atoms with Gasteiger partial charge in [0.05, 0.1) is 12.0 Å². The van der Waals surface area contributed by atoms with Gasteiger partial charge in [-0.2, -0.15) is 4.98 Å². The molecule has 0 saturated carbocycles. The first kappa shape index (κ1) is 19.1. The van der Waals surface area contributed by atoms with E-state index in [-0.39, 0.29) is 18.3 Å². The Hall–Kier alpha value is -4.59. The smallest absolute Gasteiger partial charge is 0.339 e. The van der Waals surface area contributed by atoms with Gasteiger partial charge in [0.25, 0.3) is 0 Å². The summed E-state index contributed by atoms with van der Waals surface area (Å²) in [5.41, 5.74) is 3.73. The number of benzene rings is 2. The average Bonchev–Trinajstić information content (AvgIpc) is 3.38. The van der Waals surface area contributed by atoms with E-state index in [0.29, 0.717) is 16.8 Å². The number of hydrogen-bond acceptors (Lipinski definition) is 6. The minimum absolute atomic E-state index is 0.00870. The third-order valence-electron chi connectivity index (χ3n) is 5.71. The maximum Gasteiger partial charge on any atom is 0.339 e. The molecule has 0 fully saturated rings. The molecule has 8 nitrogen and oxygen atoms in total. The fourth-order valence-electron chi connectivity index (χ4n) is 4.16. The third kappa shape index (κ3) is 3.38. The van der Waals surface area contributed by atoms with E-state index in [4.69, 9.17) is 4.74 Å². The summed E-state index contributed by atoms with van der Waals surface area (Å²) in [6.45, 7) is 0. The number of hydrogen-bond donors (Lipinski definition) is 1. The predicted molar refractivity (Wildman–Crippen MR) is 122 cm³/mol. The Bertz CT molecular complexity index is 1550. The van der Waals surface area contributed by atoms with Gasteiger partial charge in [0.1, 0.15) is 6.10 Å². The second-order valence-electron chi connectivity index (χ2n) is 7.80. The van der Waals surface area contributed by atoms with Gasteiger partial charge < -0.3 is 4.74 Å². The van der Waals surface area contributed by atoms with Crippen molar-refractivity contribution in [2.45, 2.75) is 12.5 Å². The van der Waals surface area contributed by atoms with Crippen molar-refractivity contribution in [3.8, 4) is 11.1 Å². The van der Waals surface area contributed by atoms with Crippen LogP contribution in [-0.2, 0) is 9.53 Å². The minimum atomic E-state index is -0.615. The number of amides is 1. The first-order chi connectivity index (χ1) is 16.2. The lowest BCUT2D eigenvalue weighted by atomic mass is 10.0. The molecule has 6 rings (SSSR count). The molecule has 1 N–H and O–H groups in total. The van der Waals surface area contributed by atoms with Gasteiger partial charge in [-0.05, 0) is 23.6 Å². The molecule has 8 heteroatoms. The standard InChI is InChI=1S/C25H17N5O3/c31-23(11-21-18-7-3-4-8-19(18)24(32)33-21)28-25-27-22-10-9-16(14-30(22)29-25)20-13-26-12-15-5-1-2-6-17(15)20/h1-10,12-14,21H,11H2,(H,28,29,31)/t21-/m1/s1. The number of rotatable bonds is 4. The van der Waals surface area contributed by atoms with Crippen molar-refractivity contribution < 1.29 is 14.3 Å². The number of fused-ring (bicyclic) bond motifs is 3. The van der Waals surface area contributed by atoms with Crippen molar-refractivity contribution in [2.75, 3.05) is 5.32 Å². The van der Waals surface area contributed by atoms with Crippen LogP contribution in [0.2, 0.25) is 0 Å².